The Hall–Kier alpha value is -0.950. The summed E-state index contributed by atoms with van der Waals surface area (Å²) in [4.78, 5) is 2.05. The molecule has 3 N–H and O–H groups in total. The van der Waals surface area contributed by atoms with Crippen LogP contribution < -0.4 is 10.6 Å². The zero-order chi connectivity index (χ0) is 15.6. The van der Waals surface area contributed by atoms with Crippen LogP contribution in [0.15, 0.2) is 21.8 Å². The lowest BCUT2D eigenvalue weighted by Gasteiger charge is -2.25. The van der Waals surface area contributed by atoms with Gasteiger partial charge in [0.05, 0.1) is 10.2 Å². The van der Waals surface area contributed by atoms with Crippen molar-refractivity contribution in [3.05, 3.63) is 28.0 Å². The molecule has 1 aromatic rings. The van der Waals surface area contributed by atoms with Crippen LogP contribution in [0, 0.1) is 5.82 Å². The van der Waals surface area contributed by atoms with Gasteiger partial charge in [0.15, 0.2) is 11.7 Å². The lowest BCUT2D eigenvalue weighted by atomic mass is 10.1. The number of nitrogens with zero attached hydrogens (tertiary/aromatic N) is 2. The van der Waals surface area contributed by atoms with Crippen molar-refractivity contribution in [3.63, 3.8) is 0 Å². The van der Waals surface area contributed by atoms with Crippen molar-refractivity contribution in [1.82, 2.24) is 0 Å². The van der Waals surface area contributed by atoms with Crippen molar-refractivity contribution in [1.29, 1.82) is 0 Å². The van der Waals surface area contributed by atoms with E-state index in [9.17, 15) is 4.39 Å². The fourth-order valence-electron chi connectivity index (χ4n) is 2.30. The molecule has 0 atom stereocenters. The second kappa shape index (κ2) is 6.44. The van der Waals surface area contributed by atoms with E-state index >= 15 is 0 Å². The Labute approximate surface area is 136 Å². The number of rotatable bonds is 2. The number of nitrogens with two attached hydrogens (primary N) is 1. The monoisotopic (exact) mass is 375 g/mol. The molecule has 1 heterocycles. The van der Waals surface area contributed by atoms with Crippen molar-refractivity contribution < 1.29 is 9.60 Å². The van der Waals surface area contributed by atoms with E-state index in [4.69, 9.17) is 10.9 Å². The molecule has 0 spiro atoms. The first kappa shape index (κ1) is 16.4. The molecular formula is C14H19BrFN3OS. The Morgan fingerprint density at radius 1 is 1.48 bits per heavy atom. The molecule has 0 amide bonds. The van der Waals surface area contributed by atoms with Gasteiger partial charge in [-0.15, -0.1) is 0 Å². The van der Waals surface area contributed by atoms with E-state index in [1.54, 1.807) is 12.1 Å². The standard InChI is InChI=1S/C14H19BrFN3OS/c1-14(2)5-6-19(7-8-21-14)10-4-3-9(13(17)18-20)11(15)12(10)16/h3-4,20H,5-8H2,1-2H3,(H2,17,18). The van der Waals surface area contributed by atoms with E-state index in [0.29, 0.717) is 11.3 Å². The van der Waals surface area contributed by atoms with Crippen LogP contribution >= 0.6 is 27.7 Å². The predicted octanol–water partition coefficient (Wildman–Crippen LogP) is 3.40. The molecule has 21 heavy (non-hydrogen) atoms. The normalized spacial score (nSPS) is 19.4. The minimum absolute atomic E-state index is 0.111. The maximum Gasteiger partial charge on any atom is 0.171 e. The largest absolute Gasteiger partial charge is 0.409 e. The van der Waals surface area contributed by atoms with Crippen LogP contribution in [0.5, 0.6) is 0 Å². The predicted molar refractivity (Wildman–Crippen MR) is 90.0 cm³/mol. The molecule has 0 aromatic heterocycles. The van der Waals surface area contributed by atoms with Gasteiger partial charge in [0, 0.05) is 29.2 Å². The average Bonchev–Trinajstić information content (AvgIpc) is 2.62. The molecule has 0 radical (unpaired) electrons. The fraction of sp³-hybridized carbons (Fsp3) is 0.500. The lowest BCUT2D eigenvalue weighted by Crippen LogP contribution is -2.28. The molecule has 0 unspecified atom stereocenters. The highest BCUT2D eigenvalue weighted by Crippen LogP contribution is 2.35. The minimum Gasteiger partial charge on any atom is -0.409 e. The van der Waals surface area contributed by atoms with Gasteiger partial charge in [-0.05, 0) is 34.5 Å². The van der Waals surface area contributed by atoms with E-state index in [1.807, 2.05) is 11.8 Å². The van der Waals surface area contributed by atoms with Crippen molar-refractivity contribution >= 4 is 39.2 Å². The molecule has 0 bridgehead atoms. The van der Waals surface area contributed by atoms with E-state index < -0.39 is 0 Å². The van der Waals surface area contributed by atoms with Crippen LogP contribution in [0.1, 0.15) is 25.8 Å². The summed E-state index contributed by atoms with van der Waals surface area (Å²) in [6.07, 6.45) is 0.997. The first-order chi connectivity index (χ1) is 9.85. The van der Waals surface area contributed by atoms with Crippen LogP contribution in [0.3, 0.4) is 0 Å². The molecule has 1 aromatic carbocycles. The van der Waals surface area contributed by atoms with Gasteiger partial charge < -0.3 is 15.8 Å². The molecule has 1 saturated heterocycles. The van der Waals surface area contributed by atoms with Gasteiger partial charge in [0.2, 0.25) is 0 Å². The molecule has 0 aliphatic carbocycles. The van der Waals surface area contributed by atoms with Crippen molar-refractivity contribution in [2.45, 2.75) is 25.0 Å². The average molecular weight is 376 g/mol. The highest BCUT2D eigenvalue weighted by Gasteiger charge is 2.26. The van der Waals surface area contributed by atoms with Crippen LogP contribution in [0.2, 0.25) is 0 Å². The van der Waals surface area contributed by atoms with Gasteiger partial charge in [-0.25, -0.2) is 4.39 Å². The lowest BCUT2D eigenvalue weighted by molar-refractivity contribution is 0.318. The second-order valence-corrected chi connectivity index (χ2v) is 8.19. The zero-order valence-corrected chi connectivity index (χ0v) is 14.5. The second-order valence-electron chi connectivity index (χ2n) is 5.59. The minimum atomic E-state index is -0.371. The smallest absolute Gasteiger partial charge is 0.171 e. The number of amidine groups is 1. The molecule has 1 fully saturated rings. The SMILES string of the molecule is CC1(C)CCN(c2ccc(/C(N)=N/O)c(Br)c2F)CCS1. The van der Waals surface area contributed by atoms with Crippen molar-refractivity contribution in [2.75, 3.05) is 23.7 Å². The number of benzene rings is 1. The molecular weight excluding hydrogens is 357 g/mol. The molecule has 4 nitrogen and oxygen atoms in total. The quantitative estimate of drug-likeness (QED) is 0.360. The van der Waals surface area contributed by atoms with E-state index in [2.05, 4.69) is 39.8 Å². The number of thioether (sulfide) groups is 1. The first-order valence-electron chi connectivity index (χ1n) is 6.70. The van der Waals surface area contributed by atoms with Crippen LogP contribution in [-0.2, 0) is 0 Å². The summed E-state index contributed by atoms with van der Waals surface area (Å²) in [6.45, 7) is 6.05. The maximum atomic E-state index is 14.6. The van der Waals surface area contributed by atoms with Crippen LogP contribution in [0.4, 0.5) is 10.1 Å². The number of halogens is 2. The fourth-order valence-corrected chi connectivity index (χ4v) is 3.93. The number of hydrogen-bond acceptors (Lipinski definition) is 4. The van der Waals surface area contributed by atoms with Gasteiger partial charge in [-0.1, -0.05) is 19.0 Å². The van der Waals surface area contributed by atoms with Gasteiger partial charge in [-0.2, -0.15) is 11.8 Å². The topological polar surface area (TPSA) is 61.8 Å². The molecule has 1 aliphatic rings. The van der Waals surface area contributed by atoms with Crippen LogP contribution in [-0.4, -0.2) is 34.6 Å². The summed E-state index contributed by atoms with van der Waals surface area (Å²) in [5.74, 6) is 0.482. The van der Waals surface area contributed by atoms with E-state index in [-0.39, 0.29) is 20.9 Å². The number of oxime groups is 1. The third-order valence-electron chi connectivity index (χ3n) is 3.62. The highest BCUT2D eigenvalue weighted by molar-refractivity contribution is 9.10. The first-order valence-corrected chi connectivity index (χ1v) is 8.48. The summed E-state index contributed by atoms with van der Waals surface area (Å²) in [5.41, 5.74) is 6.44. The van der Waals surface area contributed by atoms with Crippen molar-refractivity contribution in [2.24, 2.45) is 10.9 Å². The van der Waals surface area contributed by atoms with E-state index in [1.165, 1.54) is 0 Å². The Balaban J connectivity index is 2.31. The van der Waals surface area contributed by atoms with Crippen molar-refractivity contribution in [3.8, 4) is 0 Å². The van der Waals surface area contributed by atoms with Gasteiger partial charge in [-0.3, -0.25) is 0 Å². The maximum absolute atomic E-state index is 14.6. The summed E-state index contributed by atoms with van der Waals surface area (Å²) in [7, 11) is 0. The molecule has 2 rings (SSSR count). The van der Waals surface area contributed by atoms with Gasteiger partial charge >= 0.3 is 0 Å². The molecule has 1 aliphatic heterocycles. The Morgan fingerprint density at radius 2 is 2.19 bits per heavy atom. The number of anilines is 1. The summed E-state index contributed by atoms with van der Waals surface area (Å²) < 4.78 is 15.0. The van der Waals surface area contributed by atoms with Gasteiger partial charge in [0.1, 0.15) is 0 Å². The zero-order valence-electron chi connectivity index (χ0n) is 12.1. The van der Waals surface area contributed by atoms with E-state index in [0.717, 1.165) is 25.3 Å². The Morgan fingerprint density at radius 3 is 2.86 bits per heavy atom. The molecule has 0 saturated carbocycles. The third-order valence-corrected chi connectivity index (χ3v) is 5.77. The number of hydrogen-bond donors (Lipinski definition) is 2. The summed E-state index contributed by atoms with van der Waals surface area (Å²) in [6, 6.07) is 3.36. The highest BCUT2D eigenvalue weighted by atomic mass is 79.9. The summed E-state index contributed by atoms with van der Waals surface area (Å²) >= 11 is 5.12. The molecule has 116 valence electrons. The molecule has 7 heteroatoms. The Bertz CT molecular complexity index is 565. The Kier molecular flexibility index (Phi) is 5.03. The third kappa shape index (κ3) is 3.63. The van der Waals surface area contributed by atoms with Gasteiger partial charge in [0.25, 0.3) is 0 Å². The van der Waals surface area contributed by atoms with Crippen LogP contribution in [0.25, 0.3) is 0 Å². The summed E-state index contributed by atoms with van der Waals surface area (Å²) in [5, 5.41) is 11.6.